The first-order chi connectivity index (χ1) is 12.0. The van der Waals surface area contributed by atoms with Crippen molar-refractivity contribution in [2.75, 3.05) is 10.6 Å². The van der Waals surface area contributed by atoms with Gasteiger partial charge in [-0.15, -0.1) is 5.10 Å². The highest BCUT2D eigenvalue weighted by Gasteiger charge is 2.34. The number of fused-ring (bicyclic) bond motifs is 2. The van der Waals surface area contributed by atoms with E-state index in [1.807, 2.05) is 18.2 Å². The first kappa shape index (κ1) is 16.0. The van der Waals surface area contributed by atoms with Crippen LogP contribution in [0.4, 0.5) is 20.4 Å². The zero-order valence-corrected chi connectivity index (χ0v) is 13.8. The lowest BCUT2D eigenvalue weighted by atomic mass is 10.1. The van der Waals surface area contributed by atoms with E-state index in [4.69, 9.17) is 0 Å². The second kappa shape index (κ2) is 6.09. The summed E-state index contributed by atoms with van der Waals surface area (Å²) in [4.78, 5) is 16.5. The van der Waals surface area contributed by atoms with Gasteiger partial charge >= 0.3 is 0 Å². The highest BCUT2D eigenvalue weighted by molar-refractivity contribution is 6.01. The number of nitrogens with one attached hydrogen (secondary N) is 2. The van der Waals surface area contributed by atoms with Crippen LogP contribution in [0, 0.1) is 0 Å². The van der Waals surface area contributed by atoms with Crippen LogP contribution in [0.2, 0.25) is 0 Å². The first-order valence-corrected chi connectivity index (χ1v) is 8.45. The minimum Gasteiger partial charge on any atom is -0.352 e. The molecule has 0 radical (unpaired) electrons. The summed E-state index contributed by atoms with van der Waals surface area (Å²) in [7, 11) is 0. The average Bonchev–Trinajstić information content (AvgIpc) is 3.19. The largest absolute Gasteiger partial charge is 0.352 e. The van der Waals surface area contributed by atoms with Gasteiger partial charge in [0.2, 0.25) is 11.8 Å². The normalized spacial score (nSPS) is 21.6. The van der Waals surface area contributed by atoms with Crippen molar-refractivity contribution in [1.29, 1.82) is 0 Å². The smallest absolute Gasteiger partial charge is 0.295 e. The van der Waals surface area contributed by atoms with Crippen LogP contribution in [0.5, 0.6) is 0 Å². The molecule has 25 heavy (non-hydrogen) atoms. The van der Waals surface area contributed by atoms with Crippen LogP contribution in [0.25, 0.3) is 0 Å². The number of nitrogens with zero attached hydrogens (tertiary/aromatic N) is 3. The fraction of sp³-hybridized carbons (Fsp3) is 0.471. The Bertz CT molecular complexity index is 819. The van der Waals surface area contributed by atoms with Crippen LogP contribution in [-0.4, -0.2) is 33.1 Å². The van der Waals surface area contributed by atoms with Crippen LogP contribution in [0.15, 0.2) is 18.2 Å². The van der Waals surface area contributed by atoms with Crippen molar-refractivity contribution in [2.24, 2.45) is 0 Å². The number of hydrogen-bond acceptors (Lipinski definition) is 4. The summed E-state index contributed by atoms with van der Waals surface area (Å²) in [5.74, 6) is -0.395. The lowest BCUT2D eigenvalue weighted by Gasteiger charge is -2.28. The molecule has 1 aromatic carbocycles. The number of aromatic nitrogens is 3. The fourth-order valence-electron chi connectivity index (χ4n) is 3.54. The topological polar surface area (TPSA) is 71.8 Å². The van der Waals surface area contributed by atoms with E-state index in [1.165, 1.54) is 11.1 Å². The third kappa shape index (κ3) is 2.96. The van der Waals surface area contributed by atoms with Crippen molar-refractivity contribution in [1.82, 2.24) is 14.8 Å². The predicted molar refractivity (Wildman–Crippen MR) is 89.2 cm³/mol. The number of halogens is 2. The Morgan fingerprint density at radius 1 is 1.36 bits per heavy atom. The summed E-state index contributed by atoms with van der Waals surface area (Å²) in [5.41, 5.74) is 3.22. The van der Waals surface area contributed by atoms with Gasteiger partial charge < -0.3 is 10.6 Å². The molecule has 0 saturated heterocycles. The predicted octanol–water partition coefficient (Wildman–Crippen LogP) is 3.03. The minimum atomic E-state index is -2.56. The summed E-state index contributed by atoms with van der Waals surface area (Å²) < 4.78 is 27.6. The number of alkyl halides is 2. The molecular formula is C17H19F2N5O. The molecule has 6 nitrogen and oxygen atoms in total. The summed E-state index contributed by atoms with van der Waals surface area (Å²) >= 11 is 0. The van der Waals surface area contributed by atoms with Gasteiger partial charge in [0.25, 0.3) is 12.3 Å². The zero-order valence-electron chi connectivity index (χ0n) is 13.8. The van der Waals surface area contributed by atoms with Crippen molar-refractivity contribution in [3.05, 3.63) is 35.2 Å². The molecule has 2 N–H and O–H groups in total. The second-order valence-corrected chi connectivity index (χ2v) is 6.68. The number of carbonyl (C=O) groups excluding carboxylic acids is 1. The Morgan fingerprint density at radius 3 is 2.96 bits per heavy atom. The van der Waals surface area contributed by atoms with Gasteiger partial charge in [0.05, 0.1) is 0 Å². The first-order valence-electron chi connectivity index (χ1n) is 8.45. The maximum atomic E-state index is 13.2. The van der Waals surface area contributed by atoms with Crippen molar-refractivity contribution in [3.63, 3.8) is 0 Å². The van der Waals surface area contributed by atoms with Crippen molar-refractivity contribution in [3.8, 4) is 0 Å². The van der Waals surface area contributed by atoms with Gasteiger partial charge in [-0.05, 0) is 55.9 Å². The highest BCUT2D eigenvalue weighted by Crippen LogP contribution is 2.30. The number of benzene rings is 1. The Balaban J connectivity index is 1.56. The number of rotatable bonds is 3. The van der Waals surface area contributed by atoms with Gasteiger partial charge in [0.1, 0.15) is 6.04 Å². The van der Waals surface area contributed by atoms with E-state index in [1.54, 1.807) is 6.92 Å². The molecule has 2 aliphatic rings. The molecule has 0 bridgehead atoms. The van der Waals surface area contributed by atoms with E-state index in [0.29, 0.717) is 5.69 Å². The molecule has 0 unspecified atom stereocenters. The number of amides is 1. The van der Waals surface area contributed by atoms with E-state index >= 15 is 0 Å². The molecule has 1 aliphatic carbocycles. The molecule has 1 aromatic heterocycles. The Kier molecular flexibility index (Phi) is 3.89. The van der Waals surface area contributed by atoms with E-state index in [9.17, 15) is 13.6 Å². The lowest BCUT2D eigenvalue weighted by molar-refractivity contribution is 0.0662. The van der Waals surface area contributed by atoms with E-state index in [-0.39, 0.29) is 24.2 Å². The van der Waals surface area contributed by atoms with Gasteiger partial charge in [-0.2, -0.15) is 4.98 Å². The third-order valence-electron chi connectivity index (χ3n) is 4.77. The van der Waals surface area contributed by atoms with Gasteiger partial charge in [0, 0.05) is 11.7 Å². The SMILES string of the molecule is C[C@H]1C[C@@H](C(F)F)n2nc(C(=O)Nc3ccc4c(c3)CCC4)nc2N1. The number of anilines is 2. The maximum Gasteiger partial charge on any atom is 0.295 e. The Labute approximate surface area is 143 Å². The van der Waals surface area contributed by atoms with Crippen LogP contribution in [-0.2, 0) is 12.8 Å². The monoisotopic (exact) mass is 347 g/mol. The Hall–Kier alpha value is -2.51. The van der Waals surface area contributed by atoms with Gasteiger partial charge in [-0.1, -0.05) is 6.07 Å². The lowest BCUT2D eigenvalue weighted by Crippen LogP contribution is -2.33. The molecule has 2 atom stereocenters. The number of carbonyl (C=O) groups is 1. The molecule has 8 heteroatoms. The fourth-order valence-corrected chi connectivity index (χ4v) is 3.54. The number of hydrogen-bond donors (Lipinski definition) is 2. The molecular weight excluding hydrogens is 328 g/mol. The maximum absolute atomic E-state index is 13.2. The number of aryl methyl sites for hydroxylation is 2. The molecule has 1 aliphatic heterocycles. The minimum absolute atomic E-state index is 0.109. The molecule has 0 spiro atoms. The van der Waals surface area contributed by atoms with E-state index in [2.05, 4.69) is 20.7 Å². The van der Waals surface area contributed by atoms with Gasteiger partial charge in [-0.3, -0.25) is 4.79 Å². The van der Waals surface area contributed by atoms with Gasteiger partial charge in [0.15, 0.2) is 0 Å². The summed E-state index contributed by atoms with van der Waals surface area (Å²) in [6, 6.07) is 4.60. The van der Waals surface area contributed by atoms with Crippen LogP contribution < -0.4 is 10.6 Å². The van der Waals surface area contributed by atoms with Crippen LogP contribution in [0.3, 0.4) is 0 Å². The summed E-state index contributed by atoms with van der Waals surface area (Å²) in [6.45, 7) is 1.80. The van der Waals surface area contributed by atoms with Gasteiger partial charge in [-0.25, -0.2) is 13.5 Å². The summed E-state index contributed by atoms with van der Waals surface area (Å²) in [6.07, 6.45) is 0.879. The molecule has 132 valence electrons. The van der Waals surface area contributed by atoms with Crippen LogP contribution in [0.1, 0.15) is 47.6 Å². The second-order valence-electron chi connectivity index (χ2n) is 6.68. The average molecular weight is 347 g/mol. The Morgan fingerprint density at radius 2 is 2.16 bits per heavy atom. The molecule has 0 fully saturated rings. The van der Waals surface area contributed by atoms with E-state index < -0.39 is 18.4 Å². The molecule has 2 aromatic rings. The zero-order chi connectivity index (χ0) is 17.6. The standard InChI is InChI=1S/C17H19F2N5O/c1-9-7-13(14(18)19)24-17(20-9)22-15(23-24)16(25)21-12-6-5-10-3-2-4-11(10)8-12/h5-6,8-9,13-14H,2-4,7H2,1H3,(H,21,25)(H,20,22,23)/t9-,13-/m0/s1. The van der Waals surface area contributed by atoms with Crippen LogP contribution >= 0.6 is 0 Å². The molecule has 1 amide bonds. The van der Waals surface area contributed by atoms with E-state index in [0.717, 1.165) is 23.9 Å². The van der Waals surface area contributed by atoms with Crippen molar-refractivity contribution < 1.29 is 13.6 Å². The van der Waals surface area contributed by atoms with Crippen molar-refractivity contribution >= 4 is 17.5 Å². The molecule has 4 rings (SSSR count). The van der Waals surface area contributed by atoms with Crippen molar-refractivity contribution in [2.45, 2.75) is 51.1 Å². The third-order valence-corrected chi connectivity index (χ3v) is 4.77. The molecule has 2 heterocycles. The molecule has 0 saturated carbocycles. The summed E-state index contributed by atoms with van der Waals surface area (Å²) in [5, 5.41) is 9.76. The quantitative estimate of drug-likeness (QED) is 0.895. The highest BCUT2D eigenvalue weighted by atomic mass is 19.3.